The van der Waals surface area contributed by atoms with Crippen molar-refractivity contribution in [1.29, 1.82) is 0 Å². The Bertz CT molecular complexity index is 2010. The largest absolute Gasteiger partial charge is 0.295 e. The lowest BCUT2D eigenvalue weighted by Gasteiger charge is -2.41. The molecule has 2 unspecified atom stereocenters. The van der Waals surface area contributed by atoms with Crippen LogP contribution in [0.4, 0.5) is 0 Å². The molecule has 0 aliphatic heterocycles. The molecule has 0 radical (unpaired) electrons. The van der Waals surface area contributed by atoms with E-state index in [0.717, 1.165) is 13.1 Å². The monoisotopic (exact) mass is 763 g/mol. The van der Waals surface area contributed by atoms with Crippen molar-refractivity contribution in [2.45, 2.75) is 89.1 Å². The zero-order chi connectivity index (χ0) is 39.6. The standard InChI is InChI=1S/C52H63NP2/c1-34(2)32-53(33-35(3)4)52(49-17-15-19-51(49)55(46-28-40(9)22-41(10)29-46)47-30-42(11)23-43(12)31-47)48-16-13-14-18-50(48)54(44-24-36(5)20-37(6)25-44)45-26-38(7)21-39(8)27-45/h13-31,34-35,49,52H,32-33H2,1-12H3. The molecule has 0 amide bonds. The molecule has 2 atom stereocenters. The second kappa shape index (κ2) is 17.7. The van der Waals surface area contributed by atoms with Gasteiger partial charge in [-0.25, -0.2) is 0 Å². The molecule has 0 N–H and O–H groups in total. The number of benzene rings is 5. The molecule has 286 valence electrons. The third-order valence-corrected chi connectivity index (χ3v) is 15.4. The van der Waals surface area contributed by atoms with Crippen LogP contribution in [-0.2, 0) is 0 Å². The Kier molecular flexibility index (Phi) is 13.2. The highest BCUT2D eigenvalue weighted by atomic mass is 31.1. The summed E-state index contributed by atoms with van der Waals surface area (Å²) in [6, 6.07) is 38.8. The predicted molar refractivity (Wildman–Crippen MR) is 247 cm³/mol. The summed E-state index contributed by atoms with van der Waals surface area (Å²) in [6.45, 7) is 29.8. The first kappa shape index (κ1) is 41.0. The summed E-state index contributed by atoms with van der Waals surface area (Å²) in [7, 11) is -1.64. The van der Waals surface area contributed by atoms with Gasteiger partial charge in [-0.05, 0) is 120 Å². The van der Waals surface area contributed by atoms with Crippen molar-refractivity contribution in [3.05, 3.63) is 171 Å². The van der Waals surface area contributed by atoms with Crippen molar-refractivity contribution in [2.24, 2.45) is 17.8 Å². The van der Waals surface area contributed by atoms with Gasteiger partial charge >= 0.3 is 0 Å². The average molecular weight is 764 g/mol. The summed E-state index contributed by atoms with van der Waals surface area (Å²) in [4.78, 5) is 2.87. The first-order valence-electron chi connectivity index (χ1n) is 20.3. The fourth-order valence-corrected chi connectivity index (χ4v) is 14.8. The molecule has 1 aliphatic rings. The third kappa shape index (κ3) is 9.86. The quantitative estimate of drug-likeness (QED) is 0.108. The Morgan fingerprint density at radius 2 is 0.855 bits per heavy atom. The predicted octanol–water partition coefficient (Wildman–Crippen LogP) is 11.8. The molecule has 0 spiro atoms. The number of hydrogen-bond donors (Lipinski definition) is 0. The summed E-state index contributed by atoms with van der Waals surface area (Å²) in [5.41, 5.74) is 12.2. The SMILES string of the molecule is Cc1cc(C)cc(P(C2=CC=CC2C(c2ccccc2P(c2cc(C)cc(C)c2)c2cc(C)cc(C)c2)N(CC(C)C)CC(C)C)c2cc(C)cc(C)c2)c1. The van der Waals surface area contributed by atoms with E-state index in [0.29, 0.717) is 11.8 Å². The summed E-state index contributed by atoms with van der Waals surface area (Å²) in [5, 5.41) is 8.83. The van der Waals surface area contributed by atoms with Gasteiger partial charge < -0.3 is 0 Å². The Labute approximate surface area is 336 Å². The van der Waals surface area contributed by atoms with Crippen LogP contribution in [0, 0.1) is 73.1 Å². The van der Waals surface area contributed by atoms with Gasteiger partial charge in [-0.2, -0.15) is 0 Å². The minimum absolute atomic E-state index is 0.176. The van der Waals surface area contributed by atoms with Gasteiger partial charge in [0.25, 0.3) is 0 Å². The Hall–Kier alpha value is -3.60. The van der Waals surface area contributed by atoms with E-state index in [2.05, 4.69) is 203 Å². The van der Waals surface area contributed by atoms with Crippen molar-refractivity contribution >= 4 is 42.4 Å². The van der Waals surface area contributed by atoms with Crippen molar-refractivity contribution in [1.82, 2.24) is 4.90 Å². The second-order valence-corrected chi connectivity index (χ2v) is 21.7. The molecule has 0 bridgehead atoms. The van der Waals surface area contributed by atoms with E-state index >= 15 is 0 Å². The van der Waals surface area contributed by atoms with Crippen LogP contribution in [0.5, 0.6) is 0 Å². The minimum atomic E-state index is -0.843. The summed E-state index contributed by atoms with van der Waals surface area (Å²) < 4.78 is 0. The van der Waals surface area contributed by atoms with E-state index in [-0.39, 0.29) is 12.0 Å². The van der Waals surface area contributed by atoms with Gasteiger partial charge in [-0.15, -0.1) is 0 Å². The van der Waals surface area contributed by atoms with Crippen molar-refractivity contribution < 1.29 is 0 Å². The zero-order valence-corrected chi connectivity index (χ0v) is 37.3. The second-order valence-electron chi connectivity index (χ2n) is 17.3. The maximum absolute atomic E-state index is 2.87. The minimum Gasteiger partial charge on any atom is -0.295 e. The van der Waals surface area contributed by atoms with Crippen LogP contribution in [-0.4, -0.2) is 18.0 Å². The van der Waals surface area contributed by atoms with E-state index in [9.17, 15) is 0 Å². The third-order valence-electron chi connectivity index (χ3n) is 10.5. The smallest absolute Gasteiger partial charge is 0.0458 e. The highest BCUT2D eigenvalue weighted by Gasteiger charge is 2.38. The number of rotatable bonds is 13. The highest BCUT2D eigenvalue weighted by Crippen LogP contribution is 2.54. The molecule has 0 saturated carbocycles. The lowest BCUT2D eigenvalue weighted by atomic mass is 9.90. The zero-order valence-electron chi connectivity index (χ0n) is 35.5. The molecule has 6 rings (SSSR count). The fraction of sp³-hybridized carbons (Fsp3) is 0.346. The number of hydrogen-bond acceptors (Lipinski definition) is 1. The van der Waals surface area contributed by atoms with Gasteiger partial charge in [0.1, 0.15) is 0 Å². The van der Waals surface area contributed by atoms with Gasteiger partial charge in [-0.1, -0.05) is 187 Å². The molecule has 3 heteroatoms. The molecule has 55 heavy (non-hydrogen) atoms. The van der Waals surface area contributed by atoms with Gasteiger partial charge in [0.05, 0.1) is 0 Å². The van der Waals surface area contributed by atoms with Gasteiger partial charge in [0, 0.05) is 25.0 Å². The molecule has 5 aromatic rings. The number of aryl methyl sites for hydroxylation is 8. The van der Waals surface area contributed by atoms with Crippen LogP contribution in [0.25, 0.3) is 0 Å². The Morgan fingerprint density at radius 3 is 1.24 bits per heavy atom. The van der Waals surface area contributed by atoms with Crippen LogP contribution < -0.4 is 26.5 Å². The van der Waals surface area contributed by atoms with Crippen LogP contribution in [0.3, 0.4) is 0 Å². The number of nitrogens with zero attached hydrogens (tertiary/aromatic N) is 1. The van der Waals surface area contributed by atoms with E-state index in [1.807, 2.05) is 0 Å². The average Bonchev–Trinajstić information content (AvgIpc) is 3.52. The molecule has 0 fully saturated rings. The van der Waals surface area contributed by atoms with Crippen LogP contribution in [0.15, 0.2) is 121 Å². The van der Waals surface area contributed by atoms with Crippen molar-refractivity contribution in [2.75, 3.05) is 13.1 Å². The molecule has 1 nitrogen and oxygen atoms in total. The van der Waals surface area contributed by atoms with Crippen LogP contribution >= 0.6 is 15.8 Å². The molecule has 0 heterocycles. The highest BCUT2D eigenvalue weighted by molar-refractivity contribution is 7.80. The molecule has 0 aromatic heterocycles. The topological polar surface area (TPSA) is 3.24 Å². The fourth-order valence-electron chi connectivity index (χ4n) is 8.97. The van der Waals surface area contributed by atoms with Crippen LogP contribution in [0.1, 0.15) is 83.8 Å². The lowest BCUT2D eigenvalue weighted by molar-refractivity contribution is 0.138. The van der Waals surface area contributed by atoms with Gasteiger partial charge in [-0.3, -0.25) is 4.90 Å². The molecule has 5 aromatic carbocycles. The molecule has 0 saturated heterocycles. The van der Waals surface area contributed by atoms with E-state index in [1.54, 1.807) is 5.31 Å². The maximum atomic E-state index is 2.87. The first-order chi connectivity index (χ1) is 26.2. The van der Waals surface area contributed by atoms with Crippen molar-refractivity contribution in [3.8, 4) is 0 Å². The maximum Gasteiger partial charge on any atom is 0.0458 e. The lowest BCUT2D eigenvalue weighted by Crippen LogP contribution is -2.41. The Morgan fingerprint density at radius 1 is 0.491 bits per heavy atom. The normalized spacial score (nSPS) is 14.9. The van der Waals surface area contributed by atoms with Gasteiger partial charge in [0.2, 0.25) is 0 Å². The Balaban J connectivity index is 1.63. The van der Waals surface area contributed by atoms with E-state index < -0.39 is 15.8 Å². The van der Waals surface area contributed by atoms with Gasteiger partial charge in [0.15, 0.2) is 0 Å². The van der Waals surface area contributed by atoms with Crippen molar-refractivity contribution in [3.63, 3.8) is 0 Å². The summed E-state index contributed by atoms with van der Waals surface area (Å²) >= 11 is 0. The molecular formula is C52H63NP2. The first-order valence-corrected chi connectivity index (χ1v) is 23.0. The molecular weight excluding hydrogens is 701 g/mol. The summed E-state index contributed by atoms with van der Waals surface area (Å²) in [5.74, 6) is 1.29. The van der Waals surface area contributed by atoms with E-state index in [4.69, 9.17) is 0 Å². The molecule has 1 aliphatic carbocycles. The summed E-state index contributed by atoms with van der Waals surface area (Å²) in [6.07, 6.45) is 7.44. The van der Waals surface area contributed by atoms with E-state index in [1.165, 1.54) is 76.6 Å². The number of allylic oxidation sites excluding steroid dienone is 2. The van der Waals surface area contributed by atoms with Crippen LogP contribution in [0.2, 0.25) is 0 Å².